The smallest absolute Gasteiger partial charge is 0.194 e. The molecule has 3 aliphatic heterocycles. The van der Waals surface area contributed by atoms with Crippen LogP contribution in [0.4, 0.5) is 5.69 Å². The van der Waals surface area contributed by atoms with Gasteiger partial charge in [0, 0.05) is 44.5 Å². The summed E-state index contributed by atoms with van der Waals surface area (Å²) in [5, 5.41) is 3.48. The number of nitrogens with one attached hydrogen (secondary N) is 1. The number of guanidine groups is 1. The molecule has 1 aromatic carbocycles. The summed E-state index contributed by atoms with van der Waals surface area (Å²) in [6, 6.07) is 9.30. The number of hydrogen-bond acceptors (Lipinski definition) is 4. The number of rotatable bonds is 5. The Bertz CT molecular complexity index is 674. The van der Waals surface area contributed by atoms with E-state index < -0.39 is 0 Å². The van der Waals surface area contributed by atoms with Crippen molar-refractivity contribution in [3.63, 3.8) is 0 Å². The van der Waals surface area contributed by atoms with Gasteiger partial charge in [-0.15, -0.1) is 0 Å². The number of hydrogen-bond donors (Lipinski definition) is 1. The van der Waals surface area contributed by atoms with Crippen LogP contribution in [0.3, 0.4) is 0 Å². The minimum absolute atomic E-state index is 0.158. The minimum Gasteiger partial charge on any atom is -0.375 e. The SMILES string of the molecule is CCNC(=NCCN1c2ccccc2CC1C)N1CCOC(C2CCCO2)C1. The first-order chi connectivity index (χ1) is 13.8. The molecule has 6 nitrogen and oxygen atoms in total. The summed E-state index contributed by atoms with van der Waals surface area (Å²) in [5.41, 5.74) is 2.83. The van der Waals surface area contributed by atoms with Crippen molar-refractivity contribution in [1.29, 1.82) is 0 Å². The second kappa shape index (κ2) is 9.14. The summed E-state index contributed by atoms with van der Waals surface area (Å²) in [5.74, 6) is 1.01. The number of nitrogens with zero attached hydrogens (tertiary/aromatic N) is 3. The standard InChI is InChI=1S/C22H34N4O2/c1-3-23-22(25-12-14-28-21(16-25)20-9-6-13-27-20)24-10-11-26-17(2)15-18-7-4-5-8-19(18)26/h4-5,7-8,17,20-21H,3,6,9-16H2,1-2H3,(H,23,24). The van der Waals surface area contributed by atoms with Gasteiger partial charge >= 0.3 is 0 Å². The molecule has 28 heavy (non-hydrogen) atoms. The first kappa shape index (κ1) is 19.5. The number of para-hydroxylation sites is 1. The fourth-order valence-corrected chi connectivity index (χ4v) is 4.65. The van der Waals surface area contributed by atoms with Crippen LogP contribution in [-0.2, 0) is 15.9 Å². The van der Waals surface area contributed by atoms with Gasteiger partial charge in [0.15, 0.2) is 5.96 Å². The van der Waals surface area contributed by atoms with E-state index in [1.54, 1.807) is 0 Å². The summed E-state index contributed by atoms with van der Waals surface area (Å²) in [6.45, 7) is 10.4. The van der Waals surface area contributed by atoms with Crippen LogP contribution in [0.25, 0.3) is 0 Å². The Balaban J connectivity index is 1.38. The van der Waals surface area contributed by atoms with E-state index in [0.29, 0.717) is 6.04 Å². The molecule has 0 spiro atoms. The van der Waals surface area contributed by atoms with E-state index in [9.17, 15) is 0 Å². The largest absolute Gasteiger partial charge is 0.375 e. The van der Waals surface area contributed by atoms with Crippen molar-refractivity contribution in [2.24, 2.45) is 4.99 Å². The molecule has 6 heteroatoms. The lowest BCUT2D eigenvalue weighted by Crippen LogP contribution is -2.53. The highest BCUT2D eigenvalue weighted by Crippen LogP contribution is 2.31. The number of anilines is 1. The molecular weight excluding hydrogens is 352 g/mol. The lowest BCUT2D eigenvalue weighted by Gasteiger charge is -2.37. The topological polar surface area (TPSA) is 49.3 Å². The van der Waals surface area contributed by atoms with Gasteiger partial charge in [0.2, 0.25) is 0 Å². The van der Waals surface area contributed by atoms with E-state index in [-0.39, 0.29) is 12.2 Å². The van der Waals surface area contributed by atoms with Crippen molar-refractivity contribution < 1.29 is 9.47 Å². The number of aliphatic imine (C=N–C) groups is 1. The molecule has 1 N–H and O–H groups in total. The van der Waals surface area contributed by atoms with Crippen LogP contribution in [0.5, 0.6) is 0 Å². The summed E-state index contributed by atoms with van der Waals surface area (Å²) in [6.07, 6.45) is 3.79. The predicted octanol–water partition coefficient (Wildman–Crippen LogP) is 2.28. The lowest BCUT2D eigenvalue weighted by atomic mass is 10.1. The Hall–Kier alpha value is -1.79. The number of fused-ring (bicyclic) bond motifs is 1. The maximum atomic E-state index is 6.00. The van der Waals surface area contributed by atoms with Crippen molar-refractivity contribution >= 4 is 11.6 Å². The van der Waals surface area contributed by atoms with E-state index in [0.717, 1.165) is 71.2 Å². The van der Waals surface area contributed by atoms with E-state index in [1.165, 1.54) is 11.3 Å². The molecule has 2 fully saturated rings. The van der Waals surface area contributed by atoms with Crippen LogP contribution < -0.4 is 10.2 Å². The zero-order valence-corrected chi connectivity index (χ0v) is 17.3. The van der Waals surface area contributed by atoms with Crippen molar-refractivity contribution in [2.75, 3.05) is 50.8 Å². The highest BCUT2D eigenvalue weighted by atomic mass is 16.5. The second-order valence-electron chi connectivity index (χ2n) is 8.02. The van der Waals surface area contributed by atoms with Crippen LogP contribution in [0, 0.1) is 0 Å². The molecule has 2 saturated heterocycles. The van der Waals surface area contributed by atoms with Gasteiger partial charge in [-0.2, -0.15) is 0 Å². The molecule has 154 valence electrons. The van der Waals surface area contributed by atoms with Crippen LogP contribution in [0.2, 0.25) is 0 Å². The second-order valence-corrected chi connectivity index (χ2v) is 8.02. The van der Waals surface area contributed by atoms with Gasteiger partial charge < -0.3 is 24.6 Å². The molecule has 3 atom stereocenters. The van der Waals surface area contributed by atoms with Gasteiger partial charge in [0.25, 0.3) is 0 Å². The molecule has 0 amide bonds. The molecule has 0 radical (unpaired) electrons. The molecular formula is C22H34N4O2. The van der Waals surface area contributed by atoms with Crippen molar-refractivity contribution in [1.82, 2.24) is 10.2 Å². The van der Waals surface area contributed by atoms with Crippen LogP contribution in [-0.4, -0.2) is 75.0 Å². The zero-order valence-electron chi connectivity index (χ0n) is 17.3. The average molecular weight is 387 g/mol. The third kappa shape index (κ3) is 4.28. The lowest BCUT2D eigenvalue weighted by molar-refractivity contribution is -0.0817. The molecule has 3 unspecified atom stereocenters. The first-order valence-corrected chi connectivity index (χ1v) is 10.9. The molecule has 1 aromatic rings. The van der Waals surface area contributed by atoms with E-state index in [1.807, 2.05) is 0 Å². The van der Waals surface area contributed by atoms with Crippen LogP contribution >= 0.6 is 0 Å². The fraction of sp³-hybridized carbons (Fsp3) is 0.682. The van der Waals surface area contributed by atoms with E-state index in [4.69, 9.17) is 14.5 Å². The highest BCUT2D eigenvalue weighted by Gasteiger charge is 2.32. The Morgan fingerprint density at radius 2 is 2.07 bits per heavy atom. The quantitative estimate of drug-likeness (QED) is 0.622. The van der Waals surface area contributed by atoms with Gasteiger partial charge in [-0.1, -0.05) is 18.2 Å². The maximum Gasteiger partial charge on any atom is 0.194 e. The van der Waals surface area contributed by atoms with Crippen LogP contribution in [0.1, 0.15) is 32.3 Å². The minimum atomic E-state index is 0.158. The number of ether oxygens (including phenoxy) is 2. The van der Waals surface area contributed by atoms with E-state index >= 15 is 0 Å². The van der Waals surface area contributed by atoms with Crippen molar-refractivity contribution in [3.05, 3.63) is 29.8 Å². The number of morpholine rings is 1. The Labute approximate surface area is 168 Å². The van der Waals surface area contributed by atoms with Crippen molar-refractivity contribution in [3.8, 4) is 0 Å². The molecule has 0 aromatic heterocycles. The highest BCUT2D eigenvalue weighted by molar-refractivity contribution is 5.80. The molecule has 4 rings (SSSR count). The Morgan fingerprint density at radius 3 is 2.89 bits per heavy atom. The monoisotopic (exact) mass is 386 g/mol. The Morgan fingerprint density at radius 1 is 1.21 bits per heavy atom. The fourth-order valence-electron chi connectivity index (χ4n) is 4.65. The zero-order chi connectivity index (χ0) is 19.3. The molecule has 0 bridgehead atoms. The first-order valence-electron chi connectivity index (χ1n) is 10.9. The molecule has 3 aliphatic rings. The van der Waals surface area contributed by atoms with Gasteiger partial charge in [0.05, 0.1) is 19.3 Å². The molecule has 3 heterocycles. The summed E-state index contributed by atoms with van der Waals surface area (Å²) >= 11 is 0. The van der Waals surface area contributed by atoms with Gasteiger partial charge in [0.1, 0.15) is 6.10 Å². The maximum absolute atomic E-state index is 6.00. The van der Waals surface area contributed by atoms with Crippen molar-refractivity contribution in [2.45, 2.75) is 51.4 Å². The van der Waals surface area contributed by atoms with Gasteiger partial charge in [-0.25, -0.2) is 0 Å². The van der Waals surface area contributed by atoms with Crippen LogP contribution in [0.15, 0.2) is 29.3 Å². The summed E-state index contributed by atoms with van der Waals surface area (Å²) in [7, 11) is 0. The molecule has 0 saturated carbocycles. The molecule has 0 aliphatic carbocycles. The summed E-state index contributed by atoms with van der Waals surface area (Å²) in [4.78, 5) is 9.81. The summed E-state index contributed by atoms with van der Waals surface area (Å²) < 4.78 is 11.9. The van der Waals surface area contributed by atoms with Gasteiger partial charge in [-0.3, -0.25) is 4.99 Å². The Kier molecular flexibility index (Phi) is 6.37. The van der Waals surface area contributed by atoms with E-state index in [2.05, 4.69) is 53.2 Å². The third-order valence-electron chi connectivity index (χ3n) is 6.06. The van der Waals surface area contributed by atoms with Gasteiger partial charge in [-0.05, 0) is 44.7 Å². The normalized spacial score (nSPS) is 27.9. The third-order valence-corrected chi connectivity index (χ3v) is 6.06. The number of benzene rings is 1. The predicted molar refractivity (Wildman–Crippen MR) is 113 cm³/mol. The average Bonchev–Trinajstić information content (AvgIpc) is 3.36.